The van der Waals surface area contributed by atoms with Gasteiger partial charge in [-0.05, 0) is 30.9 Å². The highest BCUT2D eigenvalue weighted by molar-refractivity contribution is 7.98. The van der Waals surface area contributed by atoms with Crippen LogP contribution in [-0.2, 0) is 0 Å². The molecule has 0 amide bonds. The lowest BCUT2D eigenvalue weighted by Gasteiger charge is -2.11. The van der Waals surface area contributed by atoms with Gasteiger partial charge in [0.25, 0.3) is 0 Å². The molecule has 0 atom stereocenters. The highest BCUT2D eigenvalue weighted by Gasteiger charge is 2.14. The summed E-state index contributed by atoms with van der Waals surface area (Å²) in [5.74, 6) is 1.16. The summed E-state index contributed by atoms with van der Waals surface area (Å²) in [7, 11) is 1.65. The first-order valence-electron chi connectivity index (χ1n) is 5.10. The van der Waals surface area contributed by atoms with Crippen molar-refractivity contribution in [3.8, 4) is 16.9 Å². The molecule has 4 nitrogen and oxygen atoms in total. The molecule has 0 aliphatic rings. The highest BCUT2D eigenvalue weighted by atomic mass is 32.2. The van der Waals surface area contributed by atoms with Crippen LogP contribution in [0.1, 0.15) is 5.56 Å². The monoisotopic (exact) mass is 250 g/mol. The van der Waals surface area contributed by atoms with Gasteiger partial charge in [0.05, 0.1) is 18.9 Å². The minimum absolute atomic E-state index is 0.325. The maximum Gasteiger partial charge on any atom is 0.229 e. The maximum atomic E-state index is 5.75. The highest BCUT2D eigenvalue weighted by Crippen LogP contribution is 2.37. The Kier molecular flexibility index (Phi) is 3.28. The van der Waals surface area contributed by atoms with Crippen LogP contribution in [0, 0.1) is 6.92 Å². The predicted octanol–water partition coefficient (Wildman–Crippen LogP) is 2.96. The summed E-state index contributed by atoms with van der Waals surface area (Å²) in [6.07, 6.45) is 3.65. The molecule has 5 heteroatoms. The SMILES string of the molecule is COc1cc(-c2cnoc2N)c(SC)cc1C. The molecule has 0 fully saturated rings. The molecule has 0 unspecified atom stereocenters. The lowest BCUT2D eigenvalue weighted by molar-refractivity contribution is 0.411. The van der Waals surface area contributed by atoms with E-state index in [9.17, 15) is 0 Å². The Morgan fingerprint density at radius 3 is 2.65 bits per heavy atom. The van der Waals surface area contributed by atoms with Crippen LogP contribution in [-0.4, -0.2) is 18.5 Å². The number of benzene rings is 1. The molecule has 1 aromatic carbocycles. The van der Waals surface area contributed by atoms with Crippen molar-refractivity contribution in [2.45, 2.75) is 11.8 Å². The molecular formula is C12H14N2O2S. The summed E-state index contributed by atoms with van der Waals surface area (Å²) in [5, 5.41) is 3.70. The second kappa shape index (κ2) is 4.71. The maximum absolute atomic E-state index is 5.75. The summed E-state index contributed by atoms with van der Waals surface area (Å²) < 4.78 is 10.2. The molecule has 17 heavy (non-hydrogen) atoms. The van der Waals surface area contributed by atoms with Gasteiger partial charge in [0.15, 0.2) is 0 Å². The van der Waals surface area contributed by atoms with Gasteiger partial charge in [0.2, 0.25) is 5.88 Å². The average Bonchev–Trinajstić information content (AvgIpc) is 2.75. The Labute approximate surface area is 104 Å². The standard InChI is InChI=1S/C12H14N2O2S/c1-7-4-11(17-3)8(5-10(7)15-2)9-6-14-16-12(9)13/h4-6H,13H2,1-3H3. The van der Waals surface area contributed by atoms with Gasteiger partial charge < -0.3 is 15.0 Å². The Morgan fingerprint density at radius 1 is 1.35 bits per heavy atom. The third-order valence-corrected chi connectivity index (χ3v) is 3.38. The van der Waals surface area contributed by atoms with E-state index in [0.717, 1.165) is 27.3 Å². The van der Waals surface area contributed by atoms with Gasteiger partial charge >= 0.3 is 0 Å². The van der Waals surface area contributed by atoms with Crippen molar-refractivity contribution >= 4 is 17.6 Å². The Balaban J connectivity index is 2.63. The number of aromatic nitrogens is 1. The van der Waals surface area contributed by atoms with Crippen molar-refractivity contribution in [2.75, 3.05) is 19.1 Å². The van der Waals surface area contributed by atoms with Crippen molar-refractivity contribution < 1.29 is 9.26 Å². The van der Waals surface area contributed by atoms with E-state index >= 15 is 0 Å². The number of ether oxygens (including phenoxy) is 1. The topological polar surface area (TPSA) is 61.3 Å². The molecule has 2 rings (SSSR count). The number of thioether (sulfide) groups is 1. The quantitative estimate of drug-likeness (QED) is 0.848. The van der Waals surface area contributed by atoms with Gasteiger partial charge in [0.1, 0.15) is 5.75 Å². The molecule has 2 N–H and O–H groups in total. The molecule has 0 spiro atoms. The normalized spacial score (nSPS) is 10.5. The number of anilines is 1. The van der Waals surface area contributed by atoms with Crippen molar-refractivity contribution in [2.24, 2.45) is 0 Å². The summed E-state index contributed by atoms with van der Waals surface area (Å²) in [4.78, 5) is 1.12. The van der Waals surface area contributed by atoms with E-state index in [1.165, 1.54) is 0 Å². The van der Waals surface area contributed by atoms with Crippen LogP contribution >= 0.6 is 11.8 Å². The van der Waals surface area contributed by atoms with Crippen molar-refractivity contribution in [1.29, 1.82) is 0 Å². The van der Waals surface area contributed by atoms with E-state index in [1.54, 1.807) is 25.1 Å². The molecule has 90 valence electrons. The minimum Gasteiger partial charge on any atom is -0.496 e. The smallest absolute Gasteiger partial charge is 0.229 e. The molecule has 0 aliphatic carbocycles. The second-order valence-electron chi connectivity index (χ2n) is 3.63. The Hall–Kier alpha value is -1.62. The fraction of sp³-hybridized carbons (Fsp3) is 0.250. The fourth-order valence-corrected chi connectivity index (χ4v) is 2.40. The number of nitrogen functional groups attached to an aromatic ring is 1. The lowest BCUT2D eigenvalue weighted by Crippen LogP contribution is -1.92. The predicted molar refractivity (Wildman–Crippen MR) is 69.4 cm³/mol. The first-order valence-corrected chi connectivity index (χ1v) is 6.33. The van der Waals surface area contributed by atoms with Gasteiger partial charge in [0, 0.05) is 10.5 Å². The van der Waals surface area contributed by atoms with E-state index in [-0.39, 0.29) is 0 Å². The molecule has 0 aliphatic heterocycles. The van der Waals surface area contributed by atoms with Crippen LogP contribution in [0.5, 0.6) is 5.75 Å². The van der Waals surface area contributed by atoms with E-state index in [2.05, 4.69) is 11.2 Å². The first kappa shape index (κ1) is 11.9. The van der Waals surface area contributed by atoms with Gasteiger partial charge in [-0.25, -0.2) is 0 Å². The van der Waals surface area contributed by atoms with E-state index < -0.39 is 0 Å². The number of aryl methyl sites for hydroxylation is 1. The molecule has 2 aromatic rings. The third-order valence-electron chi connectivity index (χ3n) is 2.61. The first-order chi connectivity index (χ1) is 8.17. The number of nitrogens with two attached hydrogens (primary N) is 1. The van der Waals surface area contributed by atoms with Crippen molar-refractivity contribution in [3.63, 3.8) is 0 Å². The molecule has 1 aromatic heterocycles. The zero-order valence-electron chi connectivity index (χ0n) is 9.98. The number of rotatable bonds is 3. The van der Waals surface area contributed by atoms with Gasteiger partial charge in [-0.1, -0.05) is 5.16 Å². The minimum atomic E-state index is 0.325. The second-order valence-corrected chi connectivity index (χ2v) is 4.47. The molecule has 0 bridgehead atoms. The summed E-state index contributed by atoms with van der Waals surface area (Å²) in [6, 6.07) is 4.04. The average molecular weight is 250 g/mol. The largest absolute Gasteiger partial charge is 0.496 e. The zero-order chi connectivity index (χ0) is 12.4. The lowest BCUT2D eigenvalue weighted by atomic mass is 10.1. The van der Waals surface area contributed by atoms with E-state index in [4.69, 9.17) is 15.0 Å². The third kappa shape index (κ3) is 2.10. The number of nitrogens with zero attached hydrogens (tertiary/aromatic N) is 1. The van der Waals surface area contributed by atoms with E-state index in [0.29, 0.717) is 5.88 Å². The Bertz CT molecular complexity index is 537. The summed E-state index contributed by atoms with van der Waals surface area (Å²) in [6.45, 7) is 2.01. The van der Waals surface area contributed by atoms with Crippen LogP contribution in [0.4, 0.5) is 5.88 Å². The molecule has 0 radical (unpaired) electrons. The number of methoxy groups -OCH3 is 1. The zero-order valence-corrected chi connectivity index (χ0v) is 10.8. The fourth-order valence-electron chi connectivity index (χ4n) is 1.71. The van der Waals surface area contributed by atoms with Crippen LogP contribution in [0.3, 0.4) is 0 Å². The summed E-state index contributed by atoms with van der Waals surface area (Å²) >= 11 is 1.66. The van der Waals surface area contributed by atoms with Crippen LogP contribution < -0.4 is 10.5 Å². The summed E-state index contributed by atoms with van der Waals surface area (Å²) in [5.41, 5.74) is 8.62. The van der Waals surface area contributed by atoms with Crippen LogP contribution in [0.2, 0.25) is 0 Å². The molecule has 1 heterocycles. The Morgan fingerprint density at radius 2 is 2.12 bits per heavy atom. The van der Waals surface area contributed by atoms with Crippen LogP contribution in [0.25, 0.3) is 11.1 Å². The van der Waals surface area contributed by atoms with Crippen molar-refractivity contribution in [1.82, 2.24) is 5.16 Å². The van der Waals surface area contributed by atoms with Gasteiger partial charge in [-0.2, -0.15) is 0 Å². The van der Waals surface area contributed by atoms with Gasteiger partial charge in [-0.15, -0.1) is 11.8 Å². The van der Waals surface area contributed by atoms with Crippen LogP contribution in [0.15, 0.2) is 27.7 Å². The van der Waals surface area contributed by atoms with Gasteiger partial charge in [-0.3, -0.25) is 0 Å². The van der Waals surface area contributed by atoms with E-state index in [1.807, 2.05) is 19.2 Å². The molecule has 0 saturated heterocycles. The van der Waals surface area contributed by atoms with Crippen molar-refractivity contribution in [3.05, 3.63) is 23.9 Å². The molecule has 0 saturated carbocycles. The number of hydrogen-bond acceptors (Lipinski definition) is 5. The molecular weight excluding hydrogens is 236 g/mol. The number of hydrogen-bond donors (Lipinski definition) is 1.